The minimum absolute atomic E-state index is 0.147. The molecule has 1 amide bonds. The molecule has 0 aromatic carbocycles. The summed E-state index contributed by atoms with van der Waals surface area (Å²) in [5, 5.41) is 3.34. The number of carbonyl (C=O) groups excluding carboxylic acids is 1. The molecular weight excluding hydrogens is 216 g/mol. The van der Waals surface area contributed by atoms with Gasteiger partial charge in [-0.25, -0.2) is 4.79 Å². The summed E-state index contributed by atoms with van der Waals surface area (Å²) in [4.78, 5) is 13.7. The highest BCUT2D eigenvalue weighted by Gasteiger charge is 2.30. The van der Waals surface area contributed by atoms with Gasteiger partial charge in [0.1, 0.15) is 0 Å². The molecule has 4 nitrogen and oxygen atoms in total. The van der Waals surface area contributed by atoms with Crippen molar-refractivity contribution < 1.29 is 9.53 Å². The van der Waals surface area contributed by atoms with Crippen LogP contribution in [0.1, 0.15) is 33.6 Å². The lowest BCUT2D eigenvalue weighted by Crippen LogP contribution is -2.50. The predicted molar refractivity (Wildman–Crippen MR) is 69.0 cm³/mol. The number of hydrogen-bond acceptors (Lipinski definition) is 3. The van der Waals surface area contributed by atoms with Gasteiger partial charge >= 0.3 is 6.09 Å². The van der Waals surface area contributed by atoms with Crippen LogP contribution in [0.15, 0.2) is 0 Å². The second-order valence-electron chi connectivity index (χ2n) is 5.27. The van der Waals surface area contributed by atoms with E-state index in [1.807, 2.05) is 11.9 Å². The van der Waals surface area contributed by atoms with Crippen LogP contribution in [0.3, 0.4) is 0 Å². The topological polar surface area (TPSA) is 41.6 Å². The molecule has 4 heteroatoms. The zero-order valence-corrected chi connectivity index (χ0v) is 11.5. The van der Waals surface area contributed by atoms with E-state index in [0.717, 1.165) is 25.9 Å². The first kappa shape index (κ1) is 14.3. The lowest BCUT2D eigenvalue weighted by Gasteiger charge is -2.37. The summed E-state index contributed by atoms with van der Waals surface area (Å²) in [7, 11) is 2.00. The quantitative estimate of drug-likeness (QED) is 0.821. The van der Waals surface area contributed by atoms with Gasteiger partial charge in [-0.1, -0.05) is 27.2 Å². The largest absolute Gasteiger partial charge is 0.449 e. The summed E-state index contributed by atoms with van der Waals surface area (Å²) in [6.07, 6.45) is 1.97. The number of nitrogens with one attached hydrogen (secondary N) is 1. The molecule has 17 heavy (non-hydrogen) atoms. The average molecular weight is 242 g/mol. The van der Waals surface area contributed by atoms with Gasteiger partial charge in [0.25, 0.3) is 0 Å². The predicted octanol–water partition coefficient (Wildman–Crippen LogP) is 2.10. The molecule has 1 saturated heterocycles. The van der Waals surface area contributed by atoms with Gasteiger partial charge in [-0.15, -0.1) is 0 Å². The van der Waals surface area contributed by atoms with Gasteiger partial charge in [0.15, 0.2) is 0 Å². The van der Waals surface area contributed by atoms with Crippen LogP contribution in [0.5, 0.6) is 0 Å². The molecule has 0 aromatic rings. The third-order valence-corrected chi connectivity index (χ3v) is 3.43. The summed E-state index contributed by atoms with van der Waals surface area (Å²) < 4.78 is 5.27. The highest BCUT2D eigenvalue weighted by molar-refractivity contribution is 5.67. The lowest BCUT2D eigenvalue weighted by atomic mass is 9.90. The maximum Gasteiger partial charge on any atom is 0.409 e. The summed E-state index contributed by atoms with van der Waals surface area (Å²) in [5.41, 5.74) is 0. The van der Waals surface area contributed by atoms with Crippen molar-refractivity contribution in [3.8, 4) is 0 Å². The van der Waals surface area contributed by atoms with Crippen LogP contribution in [0.2, 0.25) is 0 Å². The fourth-order valence-electron chi connectivity index (χ4n) is 2.32. The fraction of sp³-hybridized carbons (Fsp3) is 0.923. The van der Waals surface area contributed by atoms with Crippen molar-refractivity contribution in [2.75, 3.05) is 26.7 Å². The number of carbonyl (C=O) groups is 1. The SMILES string of the molecule is CCC1CN(C(=O)OCC(C)C)CCC1NC. The van der Waals surface area contributed by atoms with E-state index in [2.05, 4.69) is 26.1 Å². The molecule has 0 spiro atoms. The number of nitrogens with zero attached hydrogens (tertiary/aromatic N) is 1. The van der Waals surface area contributed by atoms with E-state index in [9.17, 15) is 4.79 Å². The van der Waals surface area contributed by atoms with Crippen molar-refractivity contribution in [1.82, 2.24) is 10.2 Å². The molecule has 100 valence electrons. The number of piperidine rings is 1. The first-order valence-corrected chi connectivity index (χ1v) is 6.67. The van der Waals surface area contributed by atoms with Gasteiger partial charge in [-0.05, 0) is 25.3 Å². The Bertz CT molecular complexity index is 244. The fourth-order valence-corrected chi connectivity index (χ4v) is 2.32. The molecule has 1 aliphatic heterocycles. The van der Waals surface area contributed by atoms with Crippen molar-refractivity contribution in [1.29, 1.82) is 0 Å². The molecule has 1 aliphatic rings. The molecule has 0 bridgehead atoms. The van der Waals surface area contributed by atoms with Gasteiger partial charge in [-0.2, -0.15) is 0 Å². The Morgan fingerprint density at radius 2 is 2.24 bits per heavy atom. The zero-order chi connectivity index (χ0) is 12.8. The van der Waals surface area contributed by atoms with Crippen molar-refractivity contribution in [2.24, 2.45) is 11.8 Å². The van der Waals surface area contributed by atoms with Crippen LogP contribution in [0, 0.1) is 11.8 Å². The number of hydrogen-bond donors (Lipinski definition) is 1. The highest BCUT2D eigenvalue weighted by atomic mass is 16.6. The molecular formula is C13H26N2O2. The minimum atomic E-state index is -0.147. The second-order valence-corrected chi connectivity index (χ2v) is 5.27. The van der Waals surface area contributed by atoms with Gasteiger partial charge in [0.05, 0.1) is 6.61 Å². The third-order valence-electron chi connectivity index (χ3n) is 3.43. The molecule has 1 N–H and O–H groups in total. The standard InChI is InChI=1S/C13H26N2O2/c1-5-11-8-15(7-6-12(11)14-4)13(16)17-9-10(2)3/h10-12,14H,5-9H2,1-4H3. The Kier molecular flexibility index (Phi) is 5.75. The van der Waals surface area contributed by atoms with Crippen LogP contribution in [-0.4, -0.2) is 43.8 Å². The first-order valence-electron chi connectivity index (χ1n) is 6.67. The van der Waals surface area contributed by atoms with Gasteiger partial charge in [0, 0.05) is 19.1 Å². The van der Waals surface area contributed by atoms with Crippen LogP contribution in [-0.2, 0) is 4.74 Å². The van der Waals surface area contributed by atoms with Crippen LogP contribution in [0.4, 0.5) is 4.79 Å². The van der Waals surface area contributed by atoms with Crippen LogP contribution < -0.4 is 5.32 Å². The molecule has 0 saturated carbocycles. The van der Waals surface area contributed by atoms with Crippen molar-refractivity contribution in [3.05, 3.63) is 0 Å². The minimum Gasteiger partial charge on any atom is -0.449 e. The Balaban J connectivity index is 2.43. The molecule has 1 fully saturated rings. The van der Waals surface area contributed by atoms with Crippen molar-refractivity contribution >= 4 is 6.09 Å². The van der Waals surface area contributed by atoms with Gasteiger partial charge < -0.3 is 15.0 Å². The normalized spacial score (nSPS) is 25.1. The average Bonchev–Trinajstić information content (AvgIpc) is 2.34. The van der Waals surface area contributed by atoms with E-state index < -0.39 is 0 Å². The molecule has 1 heterocycles. The lowest BCUT2D eigenvalue weighted by molar-refractivity contribution is 0.0683. The Hall–Kier alpha value is -0.770. The second kappa shape index (κ2) is 6.84. The molecule has 2 atom stereocenters. The first-order chi connectivity index (χ1) is 8.08. The van der Waals surface area contributed by atoms with E-state index in [0.29, 0.717) is 24.5 Å². The van der Waals surface area contributed by atoms with Crippen LogP contribution in [0.25, 0.3) is 0 Å². The third kappa shape index (κ3) is 4.19. The number of rotatable bonds is 4. The molecule has 1 rings (SSSR count). The Morgan fingerprint density at radius 1 is 1.53 bits per heavy atom. The zero-order valence-electron chi connectivity index (χ0n) is 11.5. The summed E-state index contributed by atoms with van der Waals surface area (Å²) in [6.45, 7) is 8.42. The maximum absolute atomic E-state index is 11.8. The Labute approximate surface area is 105 Å². The maximum atomic E-state index is 11.8. The van der Waals surface area contributed by atoms with E-state index in [1.165, 1.54) is 0 Å². The summed E-state index contributed by atoms with van der Waals surface area (Å²) >= 11 is 0. The van der Waals surface area contributed by atoms with Crippen molar-refractivity contribution in [3.63, 3.8) is 0 Å². The molecule has 0 aromatic heterocycles. The molecule has 2 unspecified atom stereocenters. The smallest absolute Gasteiger partial charge is 0.409 e. The van der Waals surface area contributed by atoms with Crippen LogP contribution >= 0.6 is 0 Å². The summed E-state index contributed by atoms with van der Waals surface area (Å²) in [5.74, 6) is 0.941. The number of ether oxygens (including phenoxy) is 1. The molecule has 0 aliphatic carbocycles. The molecule has 0 radical (unpaired) electrons. The monoisotopic (exact) mass is 242 g/mol. The number of amides is 1. The van der Waals surface area contributed by atoms with Gasteiger partial charge in [-0.3, -0.25) is 0 Å². The van der Waals surface area contributed by atoms with E-state index in [4.69, 9.17) is 4.74 Å². The van der Waals surface area contributed by atoms with Crippen molar-refractivity contribution in [2.45, 2.75) is 39.7 Å². The number of likely N-dealkylation sites (tertiary alicyclic amines) is 1. The highest BCUT2D eigenvalue weighted by Crippen LogP contribution is 2.20. The van der Waals surface area contributed by atoms with E-state index in [-0.39, 0.29) is 6.09 Å². The van der Waals surface area contributed by atoms with Gasteiger partial charge in [0.2, 0.25) is 0 Å². The Morgan fingerprint density at radius 3 is 2.76 bits per heavy atom. The van der Waals surface area contributed by atoms with E-state index >= 15 is 0 Å². The summed E-state index contributed by atoms with van der Waals surface area (Å²) in [6, 6.07) is 0.536. The van der Waals surface area contributed by atoms with E-state index in [1.54, 1.807) is 0 Å².